The summed E-state index contributed by atoms with van der Waals surface area (Å²) in [5, 5.41) is 0. The molecular formula is C16H21NO3. The van der Waals surface area contributed by atoms with Gasteiger partial charge in [0.25, 0.3) is 0 Å². The summed E-state index contributed by atoms with van der Waals surface area (Å²) in [6.45, 7) is 2.72. The Balaban J connectivity index is 1.52. The van der Waals surface area contributed by atoms with Gasteiger partial charge >= 0.3 is 6.09 Å². The molecule has 4 nitrogen and oxygen atoms in total. The van der Waals surface area contributed by atoms with Gasteiger partial charge in [0.1, 0.15) is 6.61 Å². The van der Waals surface area contributed by atoms with Crippen LogP contribution in [0.1, 0.15) is 24.8 Å². The minimum Gasteiger partial charge on any atom is -0.445 e. The predicted molar refractivity (Wildman–Crippen MR) is 75.3 cm³/mol. The fourth-order valence-electron chi connectivity index (χ4n) is 2.57. The molecule has 2 aliphatic rings. The van der Waals surface area contributed by atoms with Crippen LogP contribution >= 0.6 is 0 Å². The van der Waals surface area contributed by atoms with Crippen molar-refractivity contribution in [3.63, 3.8) is 0 Å². The second-order valence-electron chi connectivity index (χ2n) is 5.65. The van der Waals surface area contributed by atoms with Crippen LogP contribution in [0.25, 0.3) is 0 Å². The quantitative estimate of drug-likeness (QED) is 0.829. The van der Waals surface area contributed by atoms with Crippen LogP contribution in [0.2, 0.25) is 0 Å². The fourth-order valence-corrected chi connectivity index (χ4v) is 2.57. The summed E-state index contributed by atoms with van der Waals surface area (Å²) in [6, 6.07) is 10.2. The molecule has 0 bridgehead atoms. The van der Waals surface area contributed by atoms with Crippen LogP contribution in [0.5, 0.6) is 0 Å². The molecule has 1 saturated heterocycles. The lowest BCUT2D eigenvalue weighted by molar-refractivity contribution is 0.0854. The summed E-state index contributed by atoms with van der Waals surface area (Å²) >= 11 is 0. The van der Waals surface area contributed by atoms with Crippen LogP contribution in [0.15, 0.2) is 30.3 Å². The first-order valence-electron chi connectivity index (χ1n) is 7.38. The molecule has 1 aliphatic heterocycles. The number of carbonyl (C=O) groups is 1. The molecule has 4 heteroatoms. The number of hydrogen-bond donors (Lipinski definition) is 0. The zero-order valence-electron chi connectivity index (χ0n) is 11.7. The number of ether oxygens (including phenoxy) is 2. The maximum absolute atomic E-state index is 12.2. The summed E-state index contributed by atoms with van der Waals surface area (Å²) in [4.78, 5) is 14.2. The Morgan fingerprint density at radius 2 is 2.05 bits per heavy atom. The van der Waals surface area contributed by atoms with E-state index in [0.29, 0.717) is 18.6 Å². The topological polar surface area (TPSA) is 38.8 Å². The summed E-state index contributed by atoms with van der Waals surface area (Å²) in [5.74, 6) is 0.472. The molecule has 1 aromatic rings. The van der Waals surface area contributed by atoms with Crippen molar-refractivity contribution >= 4 is 6.09 Å². The van der Waals surface area contributed by atoms with Gasteiger partial charge in [0, 0.05) is 25.1 Å². The number of benzene rings is 1. The van der Waals surface area contributed by atoms with Crippen LogP contribution < -0.4 is 0 Å². The third-order valence-electron chi connectivity index (χ3n) is 3.91. The largest absolute Gasteiger partial charge is 0.445 e. The smallest absolute Gasteiger partial charge is 0.410 e. The summed E-state index contributed by atoms with van der Waals surface area (Å²) in [5.41, 5.74) is 1.03. The summed E-state index contributed by atoms with van der Waals surface area (Å²) in [6.07, 6.45) is 3.08. The number of hydrogen-bond acceptors (Lipinski definition) is 3. The minimum absolute atomic E-state index is 0.178. The number of amides is 1. The number of rotatable bonds is 5. The highest BCUT2D eigenvalue weighted by Gasteiger charge is 2.35. The molecule has 1 aliphatic carbocycles. The van der Waals surface area contributed by atoms with Gasteiger partial charge in [0.2, 0.25) is 0 Å². The first-order chi connectivity index (χ1) is 9.83. The maximum atomic E-state index is 12.2. The normalized spacial score (nSPS) is 21.7. The second-order valence-corrected chi connectivity index (χ2v) is 5.65. The Bertz CT molecular complexity index is 438. The van der Waals surface area contributed by atoms with Gasteiger partial charge in [0.05, 0.1) is 6.61 Å². The van der Waals surface area contributed by atoms with Crippen LogP contribution in [0.3, 0.4) is 0 Å². The molecule has 1 aromatic carbocycles. The average molecular weight is 275 g/mol. The lowest BCUT2D eigenvalue weighted by Gasteiger charge is -2.24. The Labute approximate surface area is 119 Å². The molecule has 0 radical (unpaired) electrons. The average Bonchev–Trinajstić information content (AvgIpc) is 3.20. The van der Waals surface area contributed by atoms with Crippen LogP contribution in [0.4, 0.5) is 4.79 Å². The molecule has 3 rings (SSSR count). The maximum Gasteiger partial charge on any atom is 0.410 e. The molecule has 1 saturated carbocycles. The zero-order valence-corrected chi connectivity index (χ0v) is 11.7. The van der Waals surface area contributed by atoms with Crippen molar-refractivity contribution in [2.75, 3.05) is 19.8 Å². The van der Waals surface area contributed by atoms with Gasteiger partial charge in [-0.05, 0) is 24.8 Å². The molecule has 108 valence electrons. The van der Waals surface area contributed by atoms with Gasteiger partial charge in [-0.3, -0.25) is 0 Å². The van der Waals surface area contributed by atoms with E-state index in [0.717, 1.165) is 44.6 Å². The van der Waals surface area contributed by atoms with E-state index in [2.05, 4.69) is 0 Å². The second kappa shape index (κ2) is 6.27. The van der Waals surface area contributed by atoms with Crippen LogP contribution in [0, 0.1) is 5.92 Å². The van der Waals surface area contributed by atoms with E-state index in [4.69, 9.17) is 9.47 Å². The van der Waals surface area contributed by atoms with Crippen molar-refractivity contribution in [3.8, 4) is 0 Å². The van der Waals surface area contributed by atoms with E-state index >= 15 is 0 Å². The molecule has 20 heavy (non-hydrogen) atoms. The van der Waals surface area contributed by atoms with E-state index in [1.54, 1.807) is 0 Å². The monoisotopic (exact) mass is 275 g/mol. The van der Waals surface area contributed by atoms with E-state index in [1.165, 1.54) is 0 Å². The Morgan fingerprint density at radius 3 is 2.70 bits per heavy atom. The highest BCUT2D eigenvalue weighted by Crippen LogP contribution is 2.29. The van der Waals surface area contributed by atoms with E-state index < -0.39 is 0 Å². The SMILES string of the molecule is O=C(OCc1ccccc1)N(CC1CCOC1)C1CC1. The Hall–Kier alpha value is -1.55. The third kappa shape index (κ3) is 3.51. The number of nitrogens with zero attached hydrogens (tertiary/aromatic N) is 1. The highest BCUT2D eigenvalue weighted by atomic mass is 16.6. The van der Waals surface area contributed by atoms with Crippen molar-refractivity contribution in [2.24, 2.45) is 5.92 Å². The zero-order chi connectivity index (χ0) is 13.8. The molecule has 1 heterocycles. The summed E-state index contributed by atoms with van der Waals surface area (Å²) < 4.78 is 10.8. The predicted octanol–water partition coefficient (Wildman–Crippen LogP) is 2.82. The summed E-state index contributed by atoms with van der Waals surface area (Å²) in [7, 11) is 0. The van der Waals surface area contributed by atoms with Crippen molar-refractivity contribution in [2.45, 2.75) is 31.9 Å². The molecule has 2 fully saturated rings. The lowest BCUT2D eigenvalue weighted by Crippen LogP contribution is -2.37. The minimum atomic E-state index is -0.178. The van der Waals surface area contributed by atoms with Crippen LogP contribution in [-0.4, -0.2) is 36.8 Å². The molecule has 0 aromatic heterocycles. The Morgan fingerprint density at radius 1 is 1.25 bits per heavy atom. The standard InChI is InChI=1S/C16H21NO3/c18-16(20-12-13-4-2-1-3-5-13)17(15-6-7-15)10-14-8-9-19-11-14/h1-5,14-15H,6-12H2. The van der Waals surface area contributed by atoms with Gasteiger partial charge in [-0.2, -0.15) is 0 Å². The van der Waals surface area contributed by atoms with Crippen molar-refractivity contribution in [3.05, 3.63) is 35.9 Å². The Kier molecular flexibility index (Phi) is 4.21. The van der Waals surface area contributed by atoms with E-state index in [-0.39, 0.29) is 6.09 Å². The fraction of sp³-hybridized carbons (Fsp3) is 0.562. The molecule has 1 unspecified atom stereocenters. The van der Waals surface area contributed by atoms with Gasteiger partial charge in [-0.25, -0.2) is 4.79 Å². The van der Waals surface area contributed by atoms with Crippen molar-refractivity contribution < 1.29 is 14.3 Å². The number of carbonyl (C=O) groups excluding carboxylic acids is 1. The highest BCUT2D eigenvalue weighted by molar-refractivity contribution is 5.68. The van der Waals surface area contributed by atoms with E-state index in [1.807, 2.05) is 35.2 Å². The molecule has 0 N–H and O–H groups in total. The van der Waals surface area contributed by atoms with Crippen molar-refractivity contribution in [1.29, 1.82) is 0 Å². The third-order valence-corrected chi connectivity index (χ3v) is 3.91. The lowest BCUT2D eigenvalue weighted by atomic mass is 10.1. The molecule has 1 atom stereocenters. The van der Waals surface area contributed by atoms with Gasteiger partial charge in [0.15, 0.2) is 0 Å². The first kappa shape index (κ1) is 13.4. The van der Waals surface area contributed by atoms with Gasteiger partial charge < -0.3 is 14.4 Å². The molecular weight excluding hydrogens is 254 g/mol. The first-order valence-corrected chi connectivity index (χ1v) is 7.38. The molecule has 0 spiro atoms. The van der Waals surface area contributed by atoms with Crippen molar-refractivity contribution in [1.82, 2.24) is 4.90 Å². The van der Waals surface area contributed by atoms with Gasteiger partial charge in [-0.15, -0.1) is 0 Å². The van der Waals surface area contributed by atoms with E-state index in [9.17, 15) is 4.79 Å². The van der Waals surface area contributed by atoms with Gasteiger partial charge in [-0.1, -0.05) is 30.3 Å². The van der Waals surface area contributed by atoms with Crippen LogP contribution in [-0.2, 0) is 16.1 Å². The molecule has 1 amide bonds.